The average Bonchev–Trinajstić information content (AvgIpc) is 3.09. The number of aryl methyl sites for hydroxylation is 1. The third kappa shape index (κ3) is 2.96. The third-order valence-electron chi connectivity index (χ3n) is 2.65. The number of hydrogen-bond donors (Lipinski definition) is 1. The Morgan fingerprint density at radius 3 is 2.86 bits per heavy atom. The van der Waals surface area contributed by atoms with Gasteiger partial charge in [0.05, 0.1) is 12.5 Å². The van der Waals surface area contributed by atoms with Crippen LogP contribution in [0, 0.1) is 6.92 Å². The number of rotatable bonds is 4. The van der Waals surface area contributed by atoms with Gasteiger partial charge in [-0.3, -0.25) is 0 Å². The van der Waals surface area contributed by atoms with Crippen molar-refractivity contribution in [2.45, 2.75) is 11.9 Å². The first-order valence-electron chi connectivity index (χ1n) is 6.00. The summed E-state index contributed by atoms with van der Waals surface area (Å²) in [7, 11) is -3.90. The molecule has 108 valence electrons. The summed E-state index contributed by atoms with van der Waals surface area (Å²) in [5, 5.41) is 2.67. The van der Waals surface area contributed by atoms with Crippen LogP contribution >= 0.6 is 11.3 Å². The molecule has 0 fully saturated rings. The van der Waals surface area contributed by atoms with E-state index in [2.05, 4.69) is 15.0 Å². The van der Waals surface area contributed by atoms with Gasteiger partial charge in [0.1, 0.15) is 10.8 Å². The van der Waals surface area contributed by atoms with Gasteiger partial charge in [-0.05, 0) is 19.1 Å². The van der Waals surface area contributed by atoms with E-state index in [4.69, 9.17) is 4.18 Å². The lowest BCUT2D eigenvalue weighted by molar-refractivity contribution is 0.483. The van der Waals surface area contributed by atoms with Gasteiger partial charge in [0.15, 0.2) is 5.03 Å². The molecule has 3 rings (SSSR count). The number of aromatic nitrogens is 3. The standard InChI is InChI=1S/C13H11N3O3S2/c1-9-7-20-13(16-9)10-3-2-4-11(5-10)19-21(17,18)12-6-14-8-15-12/h2-8H,1H3,(H,14,15). The minimum Gasteiger partial charge on any atom is -0.378 e. The van der Waals surface area contributed by atoms with Crippen molar-refractivity contribution in [2.75, 3.05) is 0 Å². The summed E-state index contributed by atoms with van der Waals surface area (Å²) in [6.45, 7) is 1.91. The normalized spacial score (nSPS) is 11.5. The maximum absolute atomic E-state index is 12.0. The summed E-state index contributed by atoms with van der Waals surface area (Å²) in [5.74, 6) is 0.231. The smallest absolute Gasteiger partial charge is 0.356 e. The van der Waals surface area contributed by atoms with Crippen molar-refractivity contribution in [3.8, 4) is 16.3 Å². The molecule has 1 N–H and O–H groups in total. The van der Waals surface area contributed by atoms with Gasteiger partial charge in [-0.15, -0.1) is 11.3 Å². The Morgan fingerprint density at radius 1 is 1.33 bits per heavy atom. The molecule has 0 saturated carbocycles. The highest BCUT2D eigenvalue weighted by Crippen LogP contribution is 2.27. The molecule has 0 atom stereocenters. The molecule has 0 saturated heterocycles. The molecular weight excluding hydrogens is 310 g/mol. The molecule has 0 unspecified atom stereocenters. The van der Waals surface area contributed by atoms with Crippen LogP contribution in [0.15, 0.2) is 47.2 Å². The van der Waals surface area contributed by atoms with Crippen molar-refractivity contribution in [3.63, 3.8) is 0 Å². The zero-order valence-electron chi connectivity index (χ0n) is 11.0. The Kier molecular flexibility index (Phi) is 3.48. The highest BCUT2D eigenvalue weighted by Gasteiger charge is 2.18. The molecule has 6 nitrogen and oxygen atoms in total. The van der Waals surface area contributed by atoms with Crippen molar-refractivity contribution in [3.05, 3.63) is 47.9 Å². The molecule has 0 aliphatic carbocycles. The quantitative estimate of drug-likeness (QED) is 0.747. The molecule has 3 aromatic rings. The fraction of sp³-hybridized carbons (Fsp3) is 0.0769. The summed E-state index contributed by atoms with van der Waals surface area (Å²) in [5.41, 5.74) is 1.73. The van der Waals surface area contributed by atoms with Gasteiger partial charge >= 0.3 is 10.1 Å². The van der Waals surface area contributed by atoms with Crippen LogP contribution in [0.25, 0.3) is 10.6 Å². The molecule has 8 heteroatoms. The topological polar surface area (TPSA) is 84.9 Å². The van der Waals surface area contributed by atoms with Crippen LogP contribution in [-0.2, 0) is 10.1 Å². The summed E-state index contributed by atoms with van der Waals surface area (Å²) >= 11 is 1.49. The van der Waals surface area contributed by atoms with Gasteiger partial charge in [0.2, 0.25) is 0 Å². The number of aromatic amines is 1. The summed E-state index contributed by atoms with van der Waals surface area (Å²) in [6, 6.07) is 6.81. The summed E-state index contributed by atoms with van der Waals surface area (Å²) in [6.07, 6.45) is 2.48. The third-order valence-corrected chi connectivity index (χ3v) is 4.83. The molecule has 0 aliphatic rings. The fourth-order valence-corrected chi connectivity index (χ4v) is 3.35. The van der Waals surface area contributed by atoms with Crippen LogP contribution in [0.2, 0.25) is 0 Å². The number of benzene rings is 1. The Balaban J connectivity index is 1.91. The molecule has 2 heterocycles. The minimum atomic E-state index is -3.90. The highest BCUT2D eigenvalue weighted by atomic mass is 32.2. The first kappa shape index (κ1) is 13.8. The predicted molar refractivity (Wildman–Crippen MR) is 78.7 cm³/mol. The highest BCUT2D eigenvalue weighted by molar-refractivity contribution is 7.87. The first-order valence-corrected chi connectivity index (χ1v) is 8.29. The zero-order valence-corrected chi connectivity index (χ0v) is 12.6. The van der Waals surface area contributed by atoms with Crippen molar-refractivity contribution < 1.29 is 12.6 Å². The van der Waals surface area contributed by atoms with Crippen molar-refractivity contribution in [1.29, 1.82) is 0 Å². The van der Waals surface area contributed by atoms with Gasteiger partial charge in [0.25, 0.3) is 0 Å². The number of hydrogen-bond acceptors (Lipinski definition) is 6. The van der Waals surface area contributed by atoms with Crippen LogP contribution in [-0.4, -0.2) is 23.4 Å². The van der Waals surface area contributed by atoms with Crippen LogP contribution in [0.4, 0.5) is 0 Å². The van der Waals surface area contributed by atoms with E-state index in [1.54, 1.807) is 18.2 Å². The number of H-pyrrole nitrogens is 1. The van der Waals surface area contributed by atoms with E-state index in [1.807, 2.05) is 18.4 Å². The molecule has 0 amide bonds. The van der Waals surface area contributed by atoms with Crippen molar-refractivity contribution in [2.24, 2.45) is 0 Å². The number of imidazole rings is 1. The maximum Gasteiger partial charge on any atom is 0.356 e. The largest absolute Gasteiger partial charge is 0.378 e. The van der Waals surface area contributed by atoms with Gasteiger partial charge in [-0.2, -0.15) is 8.42 Å². The van der Waals surface area contributed by atoms with Crippen LogP contribution in [0.3, 0.4) is 0 Å². The van der Waals surface area contributed by atoms with E-state index in [9.17, 15) is 8.42 Å². The Hall–Kier alpha value is -2.19. The van der Waals surface area contributed by atoms with E-state index in [0.717, 1.165) is 16.3 Å². The van der Waals surface area contributed by atoms with E-state index >= 15 is 0 Å². The zero-order chi connectivity index (χ0) is 14.9. The Morgan fingerprint density at radius 2 is 2.19 bits per heavy atom. The molecule has 0 spiro atoms. The van der Waals surface area contributed by atoms with Crippen LogP contribution in [0.5, 0.6) is 5.75 Å². The van der Waals surface area contributed by atoms with E-state index in [-0.39, 0.29) is 10.8 Å². The Bertz CT molecular complexity index is 854. The predicted octanol–water partition coefficient (Wildman–Crippen LogP) is 2.61. The Labute approximate surface area is 125 Å². The van der Waals surface area contributed by atoms with Gasteiger partial charge < -0.3 is 9.17 Å². The van der Waals surface area contributed by atoms with Crippen molar-refractivity contribution in [1.82, 2.24) is 15.0 Å². The molecular formula is C13H11N3O3S2. The molecule has 1 aromatic carbocycles. The molecule has 0 aliphatic heterocycles. The lowest BCUT2D eigenvalue weighted by Gasteiger charge is -2.06. The van der Waals surface area contributed by atoms with E-state index < -0.39 is 10.1 Å². The molecule has 2 aromatic heterocycles. The monoisotopic (exact) mass is 321 g/mol. The fourth-order valence-electron chi connectivity index (χ4n) is 1.72. The average molecular weight is 321 g/mol. The van der Waals surface area contributed by atoms with Crippen LogP contribution in [0.1, 0.15) is 5.69 Å². The number of thiazole rings is 1. The second kappa shape index (κ2) is 5.30. The SMILES string of the molecule is Cc1csc(-c2cccc(OS(=O)(=O)c3cnc[nH]3)c2)n1. The van der Waals surface area contributed by atoms with Gasteiger partial charge in [-0.1, -0.05) is 12.1 Å². The minimum absolute atomic E-state index is 0.0852. The second-order valence-electron chi connectivity index (χ2n) is 4.28. The summed E-state index contributed by atoms with van der Waals surface area (Å²) < 4.78 is 29.1. The van der Waals surface area contributed by atoms with E-state index in [0.29, 0.717) is 0 Å². The van der Waals surface area contributed by atoms with Crippen LogP contribution < -0.4 is 4.18 Å². The number of nitrogens with zero attached hydrogens (tertiary/aromatic N) is 2. The lowest BCUT2D eigenvalue weighted by Crippen LogP contribution is -2.10. The van der Waals surface area contributed by atoms with Crippen molar-refractivity contribution >= 4 is 21.5 Å². The van der Waals surface area contributed by atoms with E-state index in [1.165, 1.54) is 23.9 Å². The molecule has 21 heavy (non-hydrogen) atoms. The summed E-state index contributed by atoms with van der Waals surface area (Å²) in [4.78, 5) is 10.6. The van der Waals surface area contributed by atoms with Gasteiger partial charge in [-0.25, -0.2) is 9.97 Å². The lowest BCUT2D eigenvalue weighted by atomic mass is 10.2. The van der Waals surface area contributed by atoms with Gasteiger partial charge in [0, 0.05) is 16.6 Å². The maximum atomic E-state index is 12.0. The second-order valence-corrected chi connectivity index (χ2v) is 6.65. The number of nitrogens with one attached hydrogen (secondary N) is 1. The first-order chi connectivity index (χ1) is 10.0. The molecule has 0 bridgehead atoms. The molecule has 0 radical (unpaired) electrons.